The molecule has 9 nitrogen and oxygen atoms in total. The van der Waals surface area contributed by atoms with Crippen LogP contribution in [0.15, 0.2) is 41.3 Å². The molecule has 0 radical (unpaired) electrons. The second kappa shape index (κ2) is 11.8. The topological polar surface area (TPSA) is 111 Å². The van der Waals surface area contributed by atoms with Gasteiger partial charge in [0.1, 0.15) is 5.82 Å². The second-order valence-corrected chi connectivity index (χ2v) is 13.4. The van der Waals surface area contributed by atoms with Gasteiger partial charge < -0.3 is 19.9 Å². The molecule has 0 unspecified atom stereocenters. The van der Waals surface area contributed by atoms with Crippen molar-refractivity contribution >= 4 is 38.6 Å². The van der Waals surface area contributed by atoms with Crippen molar-refractivity contribution < 1.29 is 17.9 Å². The number of hydrogen-bond acceptors (Lipinski definition) is 6. The number of amides is 1. The third kappa shape index (κ3) is 5.52. The molecule has 0 spiro atoms. The van der Waals surface area contributed by atoms with Gasteiger partial charge in [-0.3, -0.25) is 4.79 Å². The van der Waals surface area contributed by atoms with Crippen molar-refractivity contribution in [3.05, 3.63) is 58.4 Å². The molecule has 216 valence electrons. The minimum Gasteiger partial charge on any atom is -0.385 e. The normalized spacial score (nSPS) is 22.3. The number of piperidine rings is 1. The number of hydrogen-bond donors (Lipinski definition) is 1. The van der Waals surface area contributed by atoms with Gasteiger partial charge in [-0.05, 0) is 68.5 Å². The molecular weight excluding hydrogens is 550 g/mol. The number of aromatic nitrogens is 2. The standard InChI is InChI=1S/C29H38ClN5O4S/c1-19-15-27(20(2)14-23(19)30)40(37,38)34-17-22(24(31)18-34)29(36)33-11-6-8-21(16-33)28-32-25-9-4-5-10-26(25)35(28)12-7-13-39-3/h4-5,9-10,14-15,21-22,24H,6-8,11-13,16-18,31H2,1-3H3/t21-,22-,24-/m1/s1. The summed E-state index contributed by atoms with van der Waals surface area (Å²) in [7, 11) is -2.12. The zero-order valence-corrected chi connectivity index (χ0v) is 24.9. The maximum absolute atomic E-state index is 13.8. The summed E-state index contributed by atoms with van der Waals surface area (Å²) in [5.41, 5.74) is 9.73. The molecule has 0 saturated carbocycles. The summed E-state index contributed by atoms with van der Waals surface area (Å²) in [6.07, 6.45) is 2.65. The number of likely N-dealkylation sites (tertiary alicyclic amines) is 1. The van der Waals surface area contributed by atoms with E-state index in [1.807, 2.05) is 23.1 Å². The summed E-state index contributed by atoms with van der Waals surface area (Å²) < 4.78 is 36.0. The summed E-state index contributed by atoms with van der Waals surface area (Å²) in [5, 5.41) is 0.523. The molecule has 1 amide bonds. The van der Waals surface area contributed by atoms with Gasteiger partial charge in [-0.25, -0.2) is 13.4 Å². The monoisotopic (exact) mass is 587 g/mol. The van der Waals surface area contributed by atoms with Crippen molar-refractivity contribution in [2.24, 2.45) is 11.7 Å². The van der Waals surface area contributed by atoms with Gasteiger partial charge >= 0.3 is 0 Å². The maximum atomic E-state index is 13.8. The average Bonchev–Trinajstić information content (AvgIpc) is 3.51. The van der Waals surface area contributed by atoms with E-state index in [2.05, 4.69) is 10.6 Å². The first-order valence-electron chi connectivity index (χ1n) is 13.9. The third-order valence-electron chi connectivity index (χ3n) is 8.24. The first kappa shape index (κ1) is 29.0. The summed E-state index contributed by atoms with van der Waals surface area (Å²) in [4.78, 5) is 20.9. The van der Waals surface area contributed by atoms with Gasteiger partial charge in [0.05, 0.1) is 21.8 Å². The number of ether oxygens (including phenoxy) is 1. The number of carbonyl (C=O) groups excluding carboxylic acids is 1. The van der Waals surface area contributed by atoms with Crippen LogP contribution in [0.25, 0.3) is 11.0 Å². The van der Waals surface area contributed by atoms with Crippen LogP contribution in [-0.2, 0) is 26.1 Å². The molecule has 5 rings (SSSR count). The quantitative estimate of drug-likeness (QED) is 0.402. The number of sulfonamides is 1. The van der Waals surface area contributed by atoms with E-state index in [1.165, 1.54) is 4.31 Å². The number of para-hydroxylation sites is 2. The zero-order valence-electron chi connectivity index (χ0n) is 23.3. The summed E-state index contributed by atoms with van der Waals surface area (Å²) >= 11 is 6.20. The molecule has 3 atom stereocenters. The van der Waals surface area contributed by atoms with E-state index in [0.717, 1.165) is 42.7 Å². The third-order valence-corrected chi connectivity index (χ3v) is 10.6. The molecule has 3 heterocycles. The number of halogens is 1. The van der Waals surface area contributed by atoms with E-state index in [-0.39, 0.29) is 29.8 Å². The lowest BCUT2D eigenvalue weighted by atomic mass is 9.94. The first-order valence-corrected chi connectivity index (χ1v) is 15.7. The van der Waals surface area contributed by atoms with Crippen LogP contribution in [0.3, 0.4) is 0 Å². The molecule has 2 aliphatic heterocycles. The van der Waals surface area contributed by atoms with Crippen molar-refractivity contribution in [3.8, 4) is 0 Å². The van der Waals surface area contributed by atoms with Crippen LogP contribution in [0.2, 0.25) is 5.02 Å². The van der Waals surface area contributed by atoms with Gasteiger partial charge in [0.25, 0.3) is 0 Å². The lowest BCUT2D eigenvalue weighted by Crippen LogP contribution is -2.47. The van der Waals surface area contributed by atoms with Crippen LogP contribution in [-0.4, -0.2) is 79.0 Å². The molecule has 40 heavy (non-hydrogen) atoms. The van der Waals surface area contributed by atoms with Crippen molar-refractivity contribution in [2.45, 2.75) is 56.5 Å². The number of benzene rings is 2. The Labute approximate surface area is 241 Å². The number of carbonyl (C=O) groups is 1. The largest absolute Gasteiger partial charge is 0.385 e. The van der Waals surface area contributed by atoms with Gasteiger partial charge in [-0.2, -0.15) is 4.31 Å². The number of aryl methyl sites for hydroxylation is 3. The Morgan fingerprint density at radius 2 is 1.93 bits per heavy atom. The van der Waals surface area contributed by atoms with E-state index in [9.17, 15) is 13.2 Å². The fourth-order valence-corrected chi connectivity index (χ4v) is 8.06. The Hall–Kier alpha value is -2.50. The number of fused-ring (bicyclic) bond motifs is 1. The van der Waals surface area contributed by atoms with Crippen molar-refractivity contribution in [1.82, 2.24) is 18.8 Å². The Bertz CT molecular complexity index is 1510. The minimum atomic E-state index is -3.82. The van der Waals surface area contributed by atoms with E-state index >= 15 is 0 Å². The molecule has 2 aliphatic rings. The van der Waals surface area contributed by atoms with Crippen molar-refractivity contribution in [2.75, 3.05) is 39.9 Å². The molecule has 3 aromatic rings. The number of rotatable bonds is 8. The van der Waals surface area contributed by atoms with Gasteiger partial charge in [-0.1, -0.05) is 23.7 Å². The van der Waals surface area contributed by atoms with Gasteiger partial charge in [0.15, 0.2) is 0 Å². The first-order chi connectivity index (χ1) is 19.1. The van der Waals surface area contributed by atoms with E-state index in [1.54, 1.807) is 33.1 Å². The molecular formula is C29H38ClN5O4S. The highest BCUT2D eigenvalue weighted by molar-refractivity contribution is 7.89. The molecule has 0 aliphatic carbocycles. The Morgan fingerprint density at radius 3 is 2.70 bits per heavy atom. The zero-order chi connectivity index (χ0) is 28.6. The van der Waals surface area contributed by atoms with Crippen LogP contribution in [0, 0.1) is 19.8 Å². The smallest absolute Gasteiger partial charge is 0.243 e. The fourth-order valence-electron chi connectivity index (χ4n) is 6.05. The van der Waals surface area contributed by atoms with Crippen LogP contribution in [0.5, 0.6) is 0 Å². The molecule has 11 heteroatoms. The van der Waals surface area contributed by atoms with Crippen molar-refractivity contribution in [3.63, 3.8) is 0 Å². The van der Waals surface area contributed by atoms with Gasteiger partial charge in [0, 0.05) is 63.4 Å². The molecule has 2 saturated heterocycles. The number of nitrogens with two attached hydrogens (primary N) is 1. The lowest BCUT2D eigenvalue weighted by molar-refractivity contribution is -0.136. The maximum Gasteiger partial charge on any atom is 0.243 e. The summed E-state index contributed by atoms with van der Waals surface area (Å²) in [6.45, 7) is 6.30. The number of nitrogens with zero attached hydrogens (tertiary/aromatic N) is 4. The minimum absolute atomic E-state index is 0.0696. The van der Waals surface area contributed by atoms with Gasteiger partial charge in [0.2, 0.25) is 15.9 Å². The number of methoxy groups -OCH3 is 1. The molecule has 2 aromatic carbocycles. The second-order valence-electron chi connectivity index (χ2n) is 11.0. The SMILES string of the molecule is COCCCn1c([C@@H]2CCCN(C(=O)[C@@H]3CN(S(=O)(=O)c4cc(C)c(Cl)cc4C)C[C@H]3N)C2)nc2ccccc21. The fraction of sp³-hybridized carbons (Fsp3) is 0.517. The lowest BCUT2D eigenvalue weighted by Gasteiger charge is -2.35. The van der Waals surface area contributed by atoms with Crippen molar-refractivity contribution in [1.29, 1.82) is 0 Å². The highest BCUT2D eigenvalue weighted by atomic mass is 35.5. The van der Waals surface area contributed by atoms with Crippen LogP contribution in [0.1, 0.15) is 42.1 Å². The molecule has 2 N–H and O–H groups in total. The molecule has 1 aromatic heterocycles. The predicted molar refractivity (Wildman–Crippen MR) is 156 cm³/mol. The van der Waals surface area contributed by atoms with Crippen LogP contribution < -0.4 is 5.73 Å². The van der Waals surface area contributed by atoms with Gasteiger partial charge in [-0.15, -0.1) is 0 Å². The van der Waals surface area contributed by atoms with Crippen LogP contribution >= 0.6 is 11.6 Å². The Kier molecular flexibility index (Phi) is 8.54. The summed E-state index contributed by atoms with van der Waals surface area (Å²) in [5.74, 6) is 0.400. The van der Waals surface area contributed by atoms with E-state index in [4.69, 9.17) is 27.1 Å². The van der Waals surface area contributed by atoms with E-state index in [0.29, 0.717) is 35.8 Å². The molecule has 2 fully saturated rings. The highest BCUT2D eigenvalue weighted by Crippen LogP contribution is 2.33. The predicted octanol–water partition coefficient (Wildman–Crippen LogP) is 3.70. The Balaban J connectivity index is 1.34. The summed E-state index contributed by atoms with van der Waals surface area (Å²) in [6, 6.07) is 10.8. The average molecular weight is 588 g/mol. The Morgan fingerprint density at radius 1 is 1.15 bits per heavy atom. The number of imidazole rings is 1. The molecule has 0 bridgehead atoms. The van der Waals surface area contributed by atoms with E-state index < -0.39 is 22.0 Å². The van der Waals surface area contributed by atoms with Crippen LogP contribution in [0.4, 0.5) is 0 Å². The highest BCUT2D eigenvalue weighted by Gasteiger charge is 2.44.